The number of hydrogen-bond acceptors (Lipinski definition) is 4. The molecule has 1 atom stereocenters. The van der Waals surface area contributed by atoms with Crippen LogP contribution in [0, 0.1) is 6.92 Å². The molecule has 0 aromatic carbocycles. The van der Waals surface area contributed by atoms with Crippen LogP contribution in [0.15, 0.2) is 23.2 Å². The van der Waals surface area contributed by atoms with Crippen LogP contribution in [-0.4, -0.2) is 72.7 Å². The third-order valence-electron chi connectivity index (χ3n) is 4.70. The van der Waals surface area contributed by atoms with Gasteiger partial charge in [-0.2, -0.15) is 0 Å². The summed E-state index contributed by atoms with van der Waals surface area (Å²) in [4.78, 5) is 14.3. The first-order valence-electron chi connectivity index (χ1n) is 9.04. The van der Waals surface area contributed by atoms with Gasteiger partial charge in [-0.15, -0.1) is 0 Å². The van der Waals surface area contributed by atoms with Crippen LogP contribution < -0.4 is 5.32 Å². The highest BCUT2D eigenvalue weighted by atomic mass is 16.5. The number of nitrogens with zero attached hydrogens (tertiary/aromatic N) is 4. The molecule has 6 heteroatoms. The van der Waals surface area contributed by atoms with E-state index in [1.807, 2.05) is 25.1 Å². The van der Waals surface area contributed by atoms with E-state index in [0.717, 1.165) is 63.3 Å². The van der Waals surface area contributed by atoms with Gasteiger partial charge in [0.25, 0.3) is 0 Å². The van der Waals surface area contributed by atoms with E-state index in [-0.39, 0.29) is 0 Å². The van der Waals surface area contributed by atoms with Crippen molar-refractivity contribution in [3.05, 3.63) is 29.6 Å². The normalized spacial score (nSPS) is 22.8. The summed E-state index contributed by atoms with van der Waals surface area (Å²) in [7, 11) is 0. The molecule has 3 rings (SSSR count). The molecule has 1 aromatic rings. The number of aromatic nitrogens is 1. The molecular formula is C18H29N5O. The molecular weight excluding hydrogens is 302 g/mol. The van der Waals surface area contributed by atoms with Gasteiger partial charge in [-0.25, -0.2) is 4.99 Å². The van der Waals surface area contributed by atoms with Crippen LogP contribution in [0.4, 0.5) is 0 Å². The number of rotatable bonds is 4. The van der Waals surface area contributed by atoms with E-state index in [1.165, 1.54) is 6.42 Å². The van der Waals surface area contributed by atoms with Gasteiger partial charge in [0, 0.05) is 44.5 Å². The standard InChI is InChI=1S/C18H29N5O/c1-3-19-18(20-13-16-6-4-5-15(2)21-16)23-8-7-17(14-23)22-9-11-24-12-10-22/h4-6,17H,3,7-14H2,1-2H3,(H,19,20). The average molecular weight is 331 g/mol. The second-order valence-electron chi connectivity index (χ2n) is 6.48. The molecule has 0 bridgehead atoms. The first kappa shape index (κ1) is 17.2. The molecule has 0 amide bonds. The lowest BCUT2D eigenvalue weighted by Gasteiger charge is -2.32. The highest BCUT2D eigenvalue weighted by Crippen LogP contribution is 2.17. The van der Waals surface area contributed by atoms with Crippen molar-refractivity contribution in [3.63, 3.8) is 0 Å². The van der Waals surface area contributed by atoms with Crippen molar-refractivity contribution in [2.75, 3.05) is 45.9 Å². The molecule has 0 saturated carbocycles. The summed E-state index contributed by atoms with van der Waals surface area (Å²) >= 11 is 0. The first-order valence-corrected chi connectivity index (χ1v) is 9.04. The van der Waals surface area contributed by atoms with E-state index >= 15 is 0 Å². The highest BCUT2D eigenvalue weighted by Gasteiger charge is 2.30. The Labute approximate surface area is 144 Å². The van der Waals surface area contributed by atoms with Gasteiger partial charge in [-0.1, -0.05) is 6.07 Å². The van der Waals surface area contributed by atoms with Crippen molar-refractivity contribution >= 4 is 5.96 Å². The maximum Gasteiger partial charge on any atom is 0.194 e. The largest absolute Gasteiger partial charge is 0.379 e. The van der Waals surface area contributed by atoms with E-state index in [1.54, 1.807) is 0 Å². The Hall–Kier alpha value is -1.66. The SMILES string of the molecule is CCNC(=NCc1cccc(C)n1)N1CCC(N2CCOCC2)C1. The molecule has 2 fully saturated rings. The Morgan fingerprint density at radius 1 is 1.33 bits per heavy atom. The van der Waals surface area contributed by atoms with Gasteiger partial charge >= 0.3 is 0 Å². The minimum atomic E-state index is 0.620. The molecule has 0 radical (unpaired) electrons. The summed E-state index contributed by atoms with van der Waals surface area (Å²) in [5, 5.41) is 3.44. The van der Waals surface area contributed by atoms with Gasteiger partial charge in [0.1, 0.15) is 0 Å². The number of aryl methyl sites for hydroxylation is 1. The molecule has 6 nitrogen and oxygen atoms in total. The monoisotopic (exact) mass is 331 g/mol. The number of hydrogen-bond donors (Lipinski definition) is 1. The van der Waals surface area contributed by atoms with Crippen molar-refractivity contribution < 1.29 is 4.74 Å². The van der Waals surface area contributed by atoms with Crippen molar-refractivity contribution in [2.24, 2.45) is 4.99 Å². The quantitative estimate of drug-likeness (QED) is 0.665. The third-order valence-corrected chi connectivity index (χ3v) is 4.70. The molecule has 1 N–H and O–H groups in total. The van der Waals surface area contributed by atoms with Gasteiger partial charge in [-0.05, 0) is 32.4 Å². The summed E-state index contributed by atoms with van der Waals surface area (Å²) in [6.07, 6.45) is 1.20. The van der Waals surface area contributed by atoms with Crippen LogP contribution in [0.25, 0.3) is 0 Å². The van der Waals surface area contributed by atoms with Crippen molar-refractivity contribution in [1.29, 1.82) is 0 Å². The maximum atomic E-state index is 5.47. The van der Waals surface area contributed by atoms with Gasteiger partial charge in [0.05, 0.1) is 25.5 Å². The molecule has 24 heavy (non-hydrogen) atoms. The number of pyridine rings is 1. The highest BCUT2D eigenvalue weighted by molar-refractivity contribution is 5.80. The van der Waals surface area contributed by atoms with Crippen LogP contribution in [0.3, 0.4) is 0 Å². The second-order valence-corrected chi connectivity index (χ2v) is 6.48. The predicted octanol–water partition coefficient (Wildman–Crippen LogP) is 1.26. The van der Waals surface area contributed by atoms with E-state index in [4.69, 9.17) is 9.73 Å². The minimum Gasteiger partial charge on any atom is -0.379 e. The van der Waals surface area contributed by atoms with Crippen LogP contribution >= 0.6 is 0 Å². The molecule has 0 spiro atoms. The smallest absolute Gasteiger partial charge is 0.194 e. The minimum absolute atomic E-state index is 0.620. The number of guanidine groups is 1. The Bertz CT molecular complexity index is 556. The second kappa shape index (κ2) is 8.44. The molecule has 2 saturated heterocycles. The van der Waals surface area contributed by atoms with Crippen LogP contribution in [0.5, 0.6) is 0 Å². The van der Waals surface area contributed by atoms with E-state index in [2.05, 4.69) is 27.0 Å². The van der Waals surface area contributed by atoms with E-state index in [0.29, 0.717) is 12.6 Å². The zero-order valence-corrected chi connectivity index (χ0v) is 14.9. The zero-order valence-electron chi connectivity index (χ0n) is 14.9. The molecule has 1 unspecified atom stereocenters. The molecule has 0 aliphatic carbocycles. The fourth-order valence-electron chi connectivity index (χ4n) is 3.44. The number of likely N-dealkylation sites (tertiary alicyclic amines) is 1. The van der Waals surface area contributed by atoms with Crippen LogP contribution in [-0.2, 0) is 11.3 Å². The number of nitrogens with one attached hydrogen (secondary N) is 1. The Morgan fingerprint density at radius 3 is 2.92 bits per heavy atom. The first-order chi connectivity index (χ1) is 11.8. The van der Waals surface area contributed by atoms with Crippen LogP contribution in [0.2, 0.25) is 0 Å². The Kier molecular flexibility index (Phi) is 6.04. The molecule has 1 aromatic heterocycles. The van der Waals surface area contributed by atoms with Gasteiger partial charge in [-0.3, -0.25) is 9.88 Å². The number of ether oxygens (including phenoxy) is 1. The van der Waals surface area contributed by atoms with Crippen molar-refractivity contribution in [1.82, 2.24) is 20.1 Å². The maximum absolute atomic E-state index is 5.47. The van der Waals surface area contributed by atoms with Gasteiger partial charge in [0.15, 0.2) is 5.96 Å². The number of morpholine rings is 1. The van der Waals surface area contributed by atoms with E-state index in [9.17, 15) is 0 Å². The topological polar surface area (TPSA) is 53.0 Å². The average Bonchev–Trinajstić information content (AvgIpc) is 3.09. The van der Waals surface area contributed by atoms with Crippen molar-refractivity contribution in [2.45, 2.75) is 32.9 Å². The lowest BCUT2D eigenvalue weighted by molar-refractivity contribution is 0.0195. The summed E-state index contributed by atoms with van der Waals surface area (Å²) < 4.78 is 5.47. The van der Waals surface area contributed by atoms with E-state index < -0.39 is 0 Å². The summed E-state index contributed by atoms with van der Waals surface area (Å²) in [6, 6.07) is 6.73. The molecule has 2 aliphatic heterocycles. The van der Waals surface area contributed by atoms with Crippen LogP contribution in [0.1, 0.15) is 24.7 Å². The lowest BCUT2D eigenvalue weighted by atomic mass is 10.2. The Balaban J connectivity index is 1.61. The predicted molar refractivity (Wildman–Crippen MR) is 96.2 cm³/mol. The summed E-state index contributed by atoms with van der Waals surface area (Å²) in [5.41, 5.74) is 2.07. The molecule has 2 aliphatic rings. The van der Waals surface area contributed by atoms with Crippen molar-refractivity contribution in [3.8, 4) is 0 Å². The lowest BCUT2D eigenvalue weighted by Crippen LogP contribution is -2.46. The molecule has 132 valence electrons. The zero-order chi connectivity index (χ0) is 16.8. The number of aliphatic imine (C=N–C) groups is 1. The summed E-state index contributed by atoms with van der Waals surface area (Å²) in [6.45, 7) is 11.6. The fraction of sp³-hybridized carbons (Fsp3) is 0.667. The summed E-state index contributed by atoms with van der Waals surface area (Å²) in [5.74, 6) is 1.01. The third kappa shape index (κ3) is 4.45. The molecule has 3 heterocycles. The fourth-order valence-corrected chi connectivity index (χ4v) is 3.44. The van der Waals surface area contributed by atoms with Gasteiger partial charge in [0.2, 0.25) is 0 Å². The van der Waals surface area contributed by atoms with Gasteiger partial charge < -0.3 is 15.0 Å². The Morgan fingerprint density at radius 2 is 2.17 bits per heavy atom.